The molecule has 9 heteroatoms. The summed E-state index contributed by atoms with van der Waals surface area (Å²) in [6.45, 7) is 1.76. The lowest BCUT2D eigenvalue weighted by atomic mass is 10.2. The Labute approximate surface area is 132 Å². The van der Waals surface area contributed by atoms with Crippen molar-refractivity contribution in [3.05, 3.63) is 17.9 Å². The van der Waals surface area contributed by atoms with Crippen LogP contribution in [0.2, 0.25) is 0 Å². The van der Waals surface area contributed by atoms with E-state index in [1.54, 1.807) is 6.92 Å². The summed E-state index contributed by atoms with van der Waals surface area (Å²) in [7, 11) is 2.69. The average molecular weight is 327 g/mol. The molecule has 8 nitrogen and oxygen atoms in total. The summed E-state index contributed by atoms with van der Waals surface area (Å²) < 4.78 is 23.7. The van der Waals surface area contributed by atoms with Gasteiger partial charge in [-0.1, -0.05) is 0 Å². The minimum absolute atomic E-state index is 0.142. The maximum absolute atomic E-state index is 13.8. The van der Waals surface area contributed by atoms with Crippen LogP contribution in [0.25, 0.3) is 0 Å². The zero-order valence-electron chi connectivity index (χ0n) is 13.0. The van der Waals surface area contributed by atoms with E-state index in [2.05, 4.69) is 16.0 Å². The number of ether oxygens (including phenoxy) is 2. The maximum atomic E-state index is 13.8. The second-order valence-corrected chi connectivity index (χ2v) is 4.28. The summed E-state index contributed by atoms with van der Waals surface area (Å²) in [6, 6.07) is 2.20. The maximum Gasteiger partial charge on any atom is 0.313 e. The van der Waals surface area contributed by atoms with E-state index in [9.17, 15) is 18.8 Å². The number of halogens is 1. The van der Waals surface area contributed by atoms with Gasteiger partial charge in [0.1, 0.15) is 0 Å². The molecule has 0 aliphatic heterocycles. The minimum Gasteiger partial charge on any atom is -0.493 e. The Balaban J connectivity index is 2.73. The molecule has 1 aromatic carbocycles. The SMILES string of the molecule is CCNC(=O)CNC(=O)C(=O)Nc1cc(OC)c(OC)cc1F. The first-order valence-electron chi connectivity index (χ1n) is 6.70. The fraction of sp³-hybridized carbons (Fsp3) is 0.357. The van der Waals surface area contributed by atoms with E-state index >= 15 is 0 Å². The third-order valence-electron chi connectivity index (χ3n) is 2.71. The van der Waals surface area contributed by atoms with Crippen LogP contribution in [0.15, 0.2) is 12.1 Å². The van der Waals surface area contributed by atoms with Crippen LogP contribution in [0.5, 0.6) is 11.5 Å². The molecule has 0 spiro atoms. The van der Waals surface area contributed by atoms with Gasteiger partial charge in [-0.15, -0.1) is 0 Å². The monoisotopic (exact) mass is 327 g/mol. The Morgan fingerprint density at radius 1 is 1.04 bits per heavy atom. The van der Waals surface area contributed by atoms with Gasteiger partial charge in [0, 0.05) is 18.7 Å². The number of methoxy groups -OCH3 is 2. The smallest absolute Gasteiger partial charge is 0.313 e. The quantitative estimate of drug-likeness (QED) is 0.640. The van der Waals surface area contributed by atoms with Gasteiger partial charge in [-0.05, 0) is 6.92 Å². The second kappa shape index (κ2) is 8.57. The molecule has 3 N–H and O–H groups in total. The third kappa shape index (κ3) is 5.13. The molecule has 1 aromatic rings. The largest absolute Gasteiger partial charge is 0.493 e. The van der Waals surface area contributed by atoms with Gasteiger partial charge >= 0.3 is 11.8 Å². The Bertz CT molecular complexity index is 606. The number of anilines is 1. The number of hydrogen-bond acceptors (Lipinski definition) is 5. The number of benzene rings is 1. The van der Waals surface area contributed by atoms with Gasteiger partial charge in [0.15, 0.2) is 17.3 Å². The van der Waals surface area contributed by atoms with Crippen LogP contribution in [0, 0.1) is 5.82 Å². The van der Waals surface area contributed by atoms with Gasteiger partial charge in [0.2, 0.25) is 5.91 Å². The number of likely N-dealkylation sites (N-methyl/N-ethyl adjacent to an activating group) is 1. The van der Waals surface area contributed by atoms with Crippen LogP contribution in [0.1, 0.15) is 6.92 Å². The molecule has 0 heterocycles. The Hall–Kier alpha value is -2.84. The van der Waals surface area contributed by atoms with E-state index < -0.39 is 23.5 Å². The number of nitrogens with one attached hydrogen (secondary N) is 3. The molecule has 3 amide bonds. The van der Waals surface area contributed by atoms with Crippen molar-refractivity contribution < 1.29 is 28.2 Å². The predicted octanol–water partition coefficient (Wildman–Crippen LogP) is 0.0337. The van der Waals surface area contributed by atoms with Gasteiger partial charge in [-0.2, -0.15) is 0 Å². The molecular formula is C14H18FN3O5. The van der Waals surface area contributed by atoms with E-state index in [4.69, 9.17) is 9.47 Å². The highest BCUT2D eigenvalue weighted by atomic mass is 19.1. The van der Waals surface area contributed by atoms with Crippen molar-refractivity contribution in [3.63, 3.8) is 0 Å². The molecule has 0 saturated heterocycles. The lowest BCUT2D eigenvalue weighted by Crippen LogP contribution is -2.41. The lowest BCUT2D eigenvalue weighted by molar-refractivity contribution is -0.136. The molecule has 1 rings (SSSR count). The van der Waals surface area contributed by atoms with Crippen molar-refractivity contribution in [2.45, 2.75) is 6.92 Å². The summed E-state index contributed by atoms with van der Waals surface area (Å²) in [4.78, 5) is 34.4. The average Bonchev–Trinajstić information content (AvgIpc) is 2.54. The van der Waals surface area contributed by atoms with Crippen LogP contribution in [0.3, 0.4) is 0 Å². The summed E-state index contributed by atoms with van der Waals surface area (Å²) in [5.74, 6) is -3.08. The first-order chi connectivity index (χ1) is 10.9. The molecule has 0 atom stereocenters. The highest BCUT2D eigenvalue weighted by molar-refractivity contribution is 6.39. The van der Waals surface area contributed by atoms with Crippen LogP contribution in [-0.2, 0) is 14.4 Å². The summed E-state index contributed by atoms with van der Waals surface area (Å²) in [5, 5.41) is 6.67. The summed E-state index contributed by atoms with van der Waals surface area (Å²) >= 11 is 0. The van der Waals surface area contributed by atoms with Crippen LogP contribution < -0.4 is 25.4 Å². The fourth-order valence-electron chi connectivity index (χ4n) is 1.63. The normalized spacial score (nSPS) is 9.74. The molecule has 0 bridgehead atoms. The van der Waals surface area contributed by atoms with Crippen LogP contribution >= 0.6 is 0 Å². The van der Waals surface area contributed by atoms with Crippen molar-refractivity contribution in [1.82, 2.24) is 10.6 Å². The van der Waals surface area contributed by atoms with E-state index in [0.29, 0.717) is 6.54 Å². The van der Waals surface area contributed by atoms with Gasteiger partial charge in [-0.25, -0.2) is 4.39 Å². The van der Waals surface area contributed by atoms with Crippen LogP contribution in [0.4, 0.5) is 10.1 Å². The van der Waals surface area contributed by atoms with Gasteiger partial charge in [-0.3, -0.25) is 14.4 Å². The molecule has 0 radical (unpaired) electrons. The first kappa shape index (κ1) is 18.2. The minimum atomic E-state index is -1.11. The molecule has 0 fully saturated rings. The van der Waals surface area contributed by atoms with E-state index in [1.807, 2.05) is 0 Å². The fourth-order valence-corrected chi connectivity index (χ4v) is 1.63. The predicted molar refractivity (Wildman–Crippen MR) is 79.8 cm³/mol. The Morgan fingerprint density at radius 2 is 1.65 bits per heavy atom. The van der Waals surface area contributed by atoms with Crippen molar-refractivity contribution in [3.8, 4) is 11.5 Å². The van der Waals surface area contributed by atoms with E-state index in [-0.39, 0.29) is 23.7 Å². The number of amides is 3. The molecule has 0 aliphatic carbocycles. The Morgan fingerprint density at radius 3 is 2.22 bits per heavy atom. The Kier molecular flexibility index (Phi) is 6.78. The van der Waals surface area contributed by atoms with E-state index in [1.165, 1.54) is 20.3 Å². The van der Waals surface area contributed by atoms with Gasteiger partial charge < -0.3 is 25.4 Å². The molecule has 23 heavy (non-hydrogen) atoms. The van der Waals surface area contributed by atoms with Crippen molar-refractivity contribution in [1.29, 1.82) is 0 Å². The number of carbonyl (C=O) groups excluding carboxylic acids is 3. The molecule has 0 saturated carbocycles. The number of hydrogen-bond donors (Lipinski definition) is 3. The van der Waals surface area contributed by atoms with Crippen LogP contribution in [-0.4, -0.2) is 45.0 Å². The van der Waals surface area contributed by atoms with Gasteiger partial charge in [0.05, 0.1) is 26.5 Å². The molecule has 0 aromatic heterocycles. The second-order valence-electron chi connectivity index (χ2n) is 4.28. The zero-order chi connectivity index (χ0) is 17.4. The number of rotatable bonds is 6. The van der Waals surface area contributed by atoms with Crippen molar-refractivity contribution in [2.24, 2.45) is 0 Å². The lowest BCUT2D eigenvalue weighted by Gasteiger charge is -2.11. The third-order valence-corrected chi connectivity index (χ3v) is 2.71. The standard InChI is InChI=1S/C14H18FN3O5/c1-4-16-12(19)7-17-13(20)14(21)18-9-6-11(23-3)10(22-2)5-8(9)15/h5-6H,4,7H2,1-3H3,(H,16,19)(H,17,20)(H,18,21). The highest BCUT2D eigenvalue weighted by Crippen LogP contribution is 2.32. The van der Waals surface area contributed by atoms with Crippen molar-refractivity contribution in [2.75, 3.05) is 32.6 Å². The molecule has 0 unspecified atom stereocenters. The molecule has 126 valence electrons. The number of carbonyl (C=O) groups is 3. The van der Waals surface area contributed by atoms with Gasteiger partial charge in [0.25, 0.3) is 0 Å². The topological polar surface area (TPSA) is 106 Å². The summed E-state index contributed by atoms with van der Waals surface area (Å²) in [6.07, 6.45) is 0. The van der Waals surface area contributed by atoms with E-state index in [0.717, 1.165) is 6.07 Å². The summed E-state index contributed by atoms with van der Waals surface area (Å²) in [5.41, 5.74) is -0.249. The molecular weight excluding hydrogens is 309 g/mol. The van der Waals surface area contributed by atoms with Crippen molar-refractivity contribution >= 4 is 23.4 Å². The molecule has 0 aliphatic rings. The highest BCUT2D eigenvalue weighted by Gasteiger charge is 2.18. The first-order valence-corrected chi connectivity index (χ1v) is 6.70. The zero-order valence-corrected chi connectivity index (χ0v) is 13.0.